The summed E-state index contributed by atoms with van der Waals surface area (Å²) in [6.07, 6.45) is 4.39. The van der Waals surface area contributed by atoms with E-state index >= 15 is 0 Å². The lowest BCUT2D eigenvalue weighted by atomic mass is 9.71. The van der Waals surface area contributed by atoms with Crippen LogP contribution in [0.25, 0.3) is 0 Å². The number of halogens is 3. The number of hydrogen-bond donors (Lipinski definition) is 1. The van der Waals surface area contributed by atoms with Crippen molar-refractivity contribution in [2.45, 2.75) is 52.5 Å². The van der Waals surface area contributed by atoms with Gasteiger partial charge in [0.2, 0.25) is 0 Å². The topological polar surface area (TPSA) is 12.0 Å². The molecule has 1 aromatic rings. The van der Waals surface area contributed by atoms with Crippen LogP contribution in [0.3, 0.4) is 0 Å². The van der Waals surface area contributed by atoms with Gasteiger partial charge in [0.1, 0.15) is 11.6 Å². The van der Waals surface area contributed by atoms with E-state index in [2.05, 4.69) is 42.0 Å². The lowest BCUT2D eigenvalue weighted by Crippen LogP contribution is -2.31. The second-order valence-electron chi connectivity index (χ2n) is 6.81. The van der Waals surface area contributed by atoms with Crippen LogP contribution in [0.5, 0.6) is 0 Å². The van der Waals surface area contributed by atoms with E-state index in [1.54, 1.807) is 0 Å². The highest BCUT2D eigenvalue weighted by atomic mass is 79.9. The zero-order valence-corrected chi connectivity index (χ0v) is 13.9. The number of rotatable bonds is 2. The molecule has 0 amide bonds. The summed E-state index contributed by atoms with van der Waals surface area (Å²) in [4.78, 5) is 0. The van der Waals surface area contributed by atoms with Crippen molar-refractivity contribution < 1.29 is 8.78 Å². The molecule has 0 atom stereocenters. The van der Waals surface area contributed by atoms with Crippen molar-refractivity contribution in [2.75, 3.05) is 5.32 Å². The van der Waals surface area contributed by atoms with Crippen LogP contribution in [0.15, 0.2) is 16.6 Å². The van der Waals surface area contributed by atoms with Gasteiger partial charge in [-0.3, -0.25) is 0 Å². The highest BCUT2D eigenvalue weighted by Crippen LogP contribution is 2.38. The van der Waals surface area contributed by atoms with Gasteiger partial charge in [0.15, 0.2) is 0 Å². The van der Waals surface area contributed by atoms with E-state index < -0.39 is 11.6 Å². The number of anilines is 1. The van der Waals surface area contributed by atoms with Crippen molar-refractivity contribution >= 4 is 21.6 Å². The first kappa shape index (κ1) is 15.7. The average molecular weight is 346 g/mol. The van der Waals surface area contributed by atoms with Crippen LogP contribution in [0.2, 0.25) is 0 Å². The van der Waals surface area contributed by atoms with Crippen LogP contribution in [-0.2, 0) is 0 Å². The van der Waals surface area contributed by atoms with Crippen molar-refractivity contribution in [3.8, 4) is 0 Å². The highest BCUT2D eigenvalue weighted by Gasteiger charge is 2.29. The van der Waals surface area contributed by atoms with Crippen LogP contribution < -0.4 is 5.32 Å². The molecule has 0 saturated heterocycles. The molecule has 0 bridgehead atoms. The molecule has 1 saturated carbocycles. The summed E-state index contributed by atoms with van der Waals surface area (Å²) >= 11 is 3.10. The molecule has 1 aliphatic carbocycles. The fourth-order valence-electron chi connectivity index (χ4n) is 2.96. The minimum Gasteiger partial charge on any atom is -0.380 e. The van der Waals surface area contributed by atoms with Crippen LogP contribution in [0, 0.1) is 23.0 Å². The summed E-state index contributed by atoms with van der Waals surface area (Å²) in [6, 6.07) is 2.69. The van der Waals surface area contributed by atoms with Crippen LogP contribution in [0.1, 0.15) is 46.5 Å². The largest absolute Gasteiger partial charge is 0.380 e. The second-order valence-corrected chi connectivity index (χ2v) is 7.66. The van der Waals surface area contributed by atoms with E-state index in [1.807, 2.05) is 0 Å². The maximum absolute atomic E-state index is 13.7. The maximum atomic E-state index is 13.7. The summed E-state index contributed by atoms with van der Waals surface area (Å²) < 4.78 is 27.2. The Kier molecular flexibility index (Phi) is 4.73. The third kappa shape index (κ3) is 3.72. The molecule has 1 nitrogen and oxygen atoms in total. The van der Waals surface area contributed by atoms with Crippen molar-refractivity contribution in [1.29, 1.82) is 0 Å². The molecule has 1 aliphatic rings. The molecular weight excluding hydrogens is 324 g/mol. The molecule has 1 aromatic carbocycles. The average Bonchev–Trinajstić information content (AvgIpc) is 2.35. The molecule has 1 fully saturated rings. The van der Waals surface area contributed by atoms with Gasteiger partial charge in [0.05, 0.1) is 10.2 Å². The Morgan fingerprint density at radius 3 is 2.20 bits per heavy atom. The first-order chi connectivity index (χ1) is 9.27. The third-order valence-electron chi connectivity index (χ3n) is 4.32. The van der Waals surface area contributed by atoms with Crippen LogP contribution in [0.4, 0.5) is 14.5 Å². The molecule has 0 heterocycles. The minimum atomic E-state index is -0.565. The zero-order chi connectivity index (χ0) is 14.9. The molecular formula is C16H22BrF2N. The standard InChI is InChI=1S/C16H22BrF2N/c1-16(2,3)10-4-6-11(7-5-10)20-15-8-12(17)13(18)9-14(15)19/h8-11,20H,4-7H2,1-3H3. The predicted octanol–water partition coefficient (Wildman–Crippen LogP) is 5.74. The third-order valence-corrected chi connectivity index (χ3v) is 4.93. The van der Waals surface area contributed by atoms with Gasteiger partial charge in [-0.2, -0.15) is 0 Å². The summed E-state index contributed by atoms with van der Waals surface area (Å²) in [5.41, 5.74) is 0.729. The van der Waals surface area contributed by atoms with Gasteiger partial charge in [-0.15, -0.1) is 0 Å². The maximum Gasteiger partial charge on any atom is 0.149 e. The Bertz CT molecular complexity index is 474. The van der Waals surface area contributed by atoms with Gasteiger partial charge < -0.3 is 5.32 Å². The smallest absolute Gasteiger partial charge is 0.149 e. The molecule has 112 valence electrons. The molecule has 0 radical (unpaired) electrons. The molecule has 0 unspecified atom stereocenters. The molecule has 2 rings (SSSR count). The van der Waals surface area contributed by atoms with E-state index in [-0.39, 0.29) is 6.04 Å². The SMILES string of the molecule is CC(C)(C)C1CCC(Nc2cc(Br)c(F)cc2F)CC1. The second kappa shape index (κ2) is 6.00. The lowest BCUT2D eigenvalue weighted by molar-refractivity contribution is 0.173. The van der Waals surface area contributed by atoms with Crippen molar-refractivity contribution in [1.82, 2.24) is 0 Å². The summed E-state index contributed by atoms with van der Waals surface area (Å²) in [5.74, 6) is -0.363. The number of nitrogens with one attached hydrogen (secondary N) is 1. The van der Waals surface area contributed by atoms with Gasteiger partial charge >= 0.3 is 0 Å². The summed E-state index contributed by atoms with van der Waals surface area (Å²) in [7, 11) is 0. The fourth-order valence-corrected chi connectivity index (χ4v) is 3.30. The molecule has 20 heavy (non-hydrogen) atoms. The van der Waals surface area contributed by atoms with Crippen LogP contribution >= 0.6 is 15.9 Å². The first-order valence-electron chi connectivity index (χ1n) is 7.18. The van der Waals surface area contributed by atoms with Gasteiger partial charge in [-0.1, -0.05) is 20.8 Å². The first-order valence-corrected chi connectivity index (χ1v) is 7.97. The van der Waals surface area contributed by atoms with E-state index in [4.69, 9.17) is 0 Å². The van der Waals surface area contributed by atoms with E-state index in [9.17, 15) is 8.78 Å². The molecule has 0 aromatic heterocycles. The summed E-state index contributed by atoms with van der Waals surface area (Å²) in [5, 5.41) is 3.22. The van der Waals surface area contributed by atoms with Crippen molar-refractivity contribution in [3.05, 3.63) is 28.2 Å². The minimum absolute atomic E-state index is 0.278. The van der Waals surface area contributed by atoms with Crippen molar-refractivity contribution in [3.63, 3.8) is 0 Å². The molecule has 0 spiro atoms. The fraction of sp³-hybridized carbons (Fsp3) is 0.625. The van der Waals surface area contributed by atoms with Gasteiger partial charge in [0, 0.05) is 12.1 Å². The van der Waals surface area contributed by atoms with Gasteiger partial charge in [-0.25, -0.2) is 8.78 Å². The quantitative estimate of drug-likeness (QED) is 0.673. The number of hydrogen-bond acceptors (Lipinski definition) is 1. The molecule has 0 aliphatic heterocycles. The highest BCUT2D eigenvalue weighted by molar-refractivity contribution is 9.10. The summed E-state index contributed by atoms with van der Waals surface area (Å²) in [6.45, 7) is 6.84. The van der Waals surface area contributed by atoms with E-state index in [0.717, 1.165) is 37.7 Å². The Hall–Kier alpha value is -0.640. The van der Waals surface area contributed by atoms with Crippen molar-refractivity contribution in [2.24, 2.45) is 11.3 Å². The number of benzene rings is 1. The van der Waals surface area contributed by atoms with E-state index in [0.29, 0.717) is 15.6 Å². The Morgan fingerprint density at radius 2 is 1.65 bits per heavy atom. The Labute approximate surface area is 128 Å². The zero-order valence-electron chi connectivity index (χ0n) is 12.3. The Morgan fingerprint density at radius 1 is 1.05 bits per heavy atom. The molecule has 1 N–H and O–H groups in total. The molecule has 4 heteroatoms. The van der Waals surface area contributed by atoms with Gasteiger partial charge in [0.25, 0.3) is 0 Å². The monoisotopic (exact) mass is 345 g/mol. The van der Waals surface area contributed by atoms with Gasteiger partial charge in [-0.05, 0) is 59.0 Å². The van der Waals surface area contributed by atoms with E-state index in [1.165, 1.54) is 6.07 Å². The Balaban J connectivity index is 1.98. The van der Waals surface area contributed by atoms with Crippen LogP contribution in [-0.4, -0.2) is 6.04 Å². The normalized spacial score (nSPS) is 23.7. The predicted molar refractivity (Wildman–Crippen MR) is 82.9 cm³/mol. The lowest BCUT2D eigenvalue weighted by Gasteiger charge is -2.37.